The number of carbonyl (C=O) groups is 1. The standard InChI is InChI=1S/C15H28N4O.HI/c1-14(2,12(20)16-3)10-18-13(17-4)19-9-8-15(11-19)6-5-7-15;/h5-11H2,1-4H3,(H,16,20)(H,17,18);1H. The van der Waals surface area contributed by atoms with Gasteiger partial charge < -0.3 is 15.5 Å². The predicted molar refractivity (Wildman–Crippen MR) is 97.1 cm³/mol. The van der Waals surface area contributed by atoms with Crippen molar-refractivity contribution in [3.63, 3.8) is 0 Å². The maximum Gasteiger partial charge on any atom is 0.227 e. The first-order valence-electron chi connectivity index (χ1n) is 7.60. The number of rotatable bonds is 3. The molecule has 1 spiro atoms. The van der Waals surface area contributed by atoms with Crippen molar-refractivity contribution < 1.29 is 4.79 Å². The van der Waals surface area contributed by atoms with Gasteiger partial charge in [-0.05, 0) is 38.5 Å². The molecule has 1 saturated heterocycles. The molecule has 1 heterocycles. The molecule has 1 saturated carbocycles. The van der Waals surface area contributed by atoms with Gasteiger partial charge in [-0.1, -0.05) is 6.42 Å². The Bertz CT molecular complexity index is 404. The highest BCUT2D eigenvalue weighted by molar-refractivity contribution is 14.0. The summed E-state index contributed by atoms with van der Waals surface area (Å²) in [6, 6.07) is 0. The molecule has 1 aliphatic carbocycles. The predicted octanol–water partition coefficient (Wildman–Crippen LogP) is 1.83. The van der Waals surface area contributed by atoms with Gasteiger partial charge in [-0.15, -0.1) is 24.0 Å². The van der Waals surface area contributed by atoms with E-state index < -0.39 is 5.41 Å². The van der Waals surface area contributed by atoms with Gasteiger partial charge in [-0.3, -0.25) is 9.79 Å². The van der Waals surface area contributed by atoms with E-state index >= 15 is 0 Å². The maximum atomic E-state index is 11.8. The average Bonchev–Trinajstić information content (AvgIpc) is 2.83. The maximum absolute atomic E-state index is 11.8. The van der Waals surface area contributed by atoms with Crippen molar-refractivity contribution in [3.8, 4) is 0 Å². The molecule has 1 amide bonds. The van der Waals surface area contributed by atoms with Crippen LogP contribution in [0.4, 0.5) is 0 Å². The Kier molecular flexibility index (Phi) is 6.31. The molecule has 21 heavy (non-hydrogen) atoms. The minimum Gasteiger partial charge on any atom is -0.359 e. The second-order valence-electron chi connectivity index (χ2n) is 6.89. The lowest BCUT2D eigenvalue weighted by Gasteiger charge is -2.38. The van der Waals surface area contributed by atoms with E-state index in [1.807, 2.05) is 20.9 Å². The number of likely N-dealkylation sites (tertiary alicyclic amines) is 1. The summed E-state index contributed by atoms with van der Waals surface area (Å²) in [6.07, 6.45) is 5.39. The highest BCUT2D eigenvalue weighted by Gasteiger charge is 2.43. The Morgan fingerprint density at radius 1 is 1.33 bits per heavy atom. The molecule has 6 heteroatoms. The second-order valence-corrected chi connectivity index (χ2v) is 6.89. The Balaban J connectivity index is 0.00000220. The van der Waals surface area contributed by atoms with E-state index in [4.69, 9.17) is 0 Å². The largest absolute Gasteiger partial charge is 0.359 e. The molecule has 0 unspecified atom stereocenters. The van der Waals surface area contributed by atoms with E-state index in [-0.39, 0.29) is 29.9 Å². The van der Waals surface area contributed by atoms with Crippen LogP contribution in [0.5, 0.6) is 0 Å². The van der Waals surface area contributed by atoms with Crippen molar-refractivity contribution in [1.82, 2.24) is 15.5 Å². The van der Waals surface area contributed by atoms with Gasteiger partial charge in [0.15, 0.2) is 5.96 Å². The van der Waals surface area contributed by atoms with Crippen LogP contribution in [-0.2, 0) is 4.79 Å². The molecule has 2 rings (SSSR count). The summed E-state index contributed by atoms with van der Waals surface area (Å²) in [5.41, 5.74) is 0.131. The smallest absolute Gasteiger partial charge is 0.227 e. The number of hydrogen-bond donors (Lipinski definition) is 2. The third-order valence-corrected chi connectivity index (χ3v) is 4.89. The van der Waals surface area contributed by atoms with E-state index in [0.29, 0.717) is 12.0 Å². The minimum absolute atomic E-state index is 0. The number of nitrogens with zero attached hydrogens (tertiary/aromatic N) is 2. The monoisotopic (exact) mass is 408 g/mol. The molecule has 0 aromatic rings. The van der Waals surface area contributed by atoms with Crippen LogP contribution in [0.15, 0.2) is 4.99 Å². The third-order valence-electron chi connectivity index (χ3n) is 4.89. The molecular weight excluding hydrogens is 379 g/mol. The van der Waals surface area contributed by atoms with Gasteiger partial charge in [0.2, 0.25) is 5.91 Å². The van der Waals surface area contributed by atoms with E-state index in [1.54, 1.807) is 7.05 Å². The fraction of sp³-hybridized carbons (Fsp3) is 0.867. The van der Waals surface area contributed by atoms with Gasteiger partial charge in [-0.2, -0.15) is 0 Å². The lowest BCUT2D eigenvalue weighted by atomic mass is 9.68. The van der Waals surface area contributed by atoms with Crippen LogP contribution in [-0.4, -0.2) is 50.5 Å². The topological polar surface area (TPSA) is 56.7 Å². The molecule has 0 atom stereocenters. The molecule has 2 N–H and O–H groups in total. The van der Waals surface area contributed by atoms with E-state index in [9.17, 15) is 4.79 Å². The normalized spacial score (nSPS) is 20.8. The number of aliphatic imine (C=N–C) groups is 1. The zero-order chi connectivity index (χ0) is 14.8. The molecule has 0 bridgehead atoms. The number of hydrogen-bond acceptors (Lipinski definition) is 2. The fourth-order valence-electron chi connectivity index (χ4n) is 3.25. The van der Waals surface area contributed by atoms with Crippen molar-refractivity contribution in [3.05, 3.63) is 0 Å². The van der Waals surface area contributed by atoms with Crippen LogP contribution < -0.4 is 10.6 Å². The van der Waals surface area contributed by atoms with Crippen LogP contribution >= 0.6 is 24.0 Å². The third kappa shape index (κ3) is 4.02. The quantitative estimate of drug-likeness (QED) is 0.426. The minimum atomic E-state index is -0.432. The Morgan fingerprint density at radius 3 is 2.43 bits per heavy atom. The summed E-state index contributed by atoms with van der Waals surface area (Å²) in [5.74, 6) is 0.989. The second kappa shape index (κ2) is 7.15. The first kappa shape index (κ1) is 18.5. The molecule has 5 nitrogen and oxygen atoms in total. The average molecular weight is 408 g/mol. The number of amides is 1. The molecule has 122 valence electrons. The van der Waals surface area contributed by atoms with Crippen molar-refractivity contribution in [2.75, 3.05) is 33.7 Å². The Morgan fingerprint density at radius 2 is 2.00 bits per heavy atom. The number of halogens is 1. The Hall–Kier alpha value is -0.530. The number of nitrogens with one attached hydrogen (secondary N) is 2. The van der Waals surface area contributed by atoms with Crippen molar-refractivity contribution in [2.24, 2.45) is 15.8 Å². The summed E-state index contributed by atoms with van der Waals surface area (Å²) < 4.78 is 0. The lowest BCUT2D eigenvalue weighted by Crippen LogP contribution is -2.48. The molecule has 1 aliphatic heterocycles. The molecule has 2 aliphatic rings. The van der Waals surface area contributed by atoms with Crippen molar-refractivity contribution in [2.45, 2.75) is 39.5 Å². The summed E-state index contributed by atoms with van der Waals surface area (Å²) in [4.78, 5) is 18.5. The molecule has 0 radical (unpaired) electrons. The summed E-state index contributed by atoms with van der Waals surface area (Å²) >= 11 is 0. The van der Waals surface area contributed by atoms with E-state index in [0.717, 1.165) is 19.0 Å². The summed E-state index contributed by atoms with van der Waals surface area (Å²) in [5, 5.41) is 6.08. The number of guanidine groups is 1. The van der Waals surface area contributed by atoms with Crippen molar-refractivity contribution >= 4 is 35.8 Å². The summed E-state index contributed by atoms with van der Waals surface area (Å²) in [7, 11) is 3.50. The zero-order valence-electron chi connectivity index (χ0n) is 13.7. The number of carbonyl (C=O) groups excluding carboxylic acids is 1. The van der Waals surface area contributed by atoms with Crippen LogP contribution in [0.2, 0.25) is 0 Å². The molecule has 0 aromatic carbocycles. The fourth-order valence-corrected chi connectivity index (χ4v) is 3.25. The van der Waals surface area contributed by atoms with Crippen LogP contribution in [0.25, 0.3) is 0 Å². The highest BCUT2D eigenvalue weighted by atomic mass is 127. The first-order valence-corrected chi connectivity index (χ1v) is 7.60. The van der Waals surface area contributed by atoms with Crippen LogP contribution in [0.1, 0.15) is 39.5 Å². The Labute approximate surface area is 145 Å². The van der Waals surface area contributed by atoms with Gasteiger partial charge in [0.05, 0.1) is 5.41 Å². The van der Waals surface area contributed by atoms with Gasteiger partial charge in [0.25, 0.3) is 0 Å². The summed E-state index contributed by atoms with van der Waals surface area (Å²) in [6.45, 7) is 6.70. The van der Waals surface area contributed by atoms with Crippen molar-refractivity contribution in [1.29, 1.82) is 0 Å². The van der Waals surface area contributed by atoms with Crippen LogP contribution in [0, 0.1) is 10.8 Å². The van der Waals surface area contributed by atoms with E-state index in [2.05, 4.69) is 20.5 Å². The molecular formula is C15H29IN4O. The van der Waals surface area contributed by atoms with Gasteiger partial charge >= 0.3 is 0 Å². The van der Waals surface area contributed by atoms with E-state index in [1.165, 1.54) is 25.7 Å². The van der Waals surface area contributed by atoms with Gasteiger partial charge in [-0.25, -0.2) is 0 Å². The highest BCUT2D eigenvalue weighted by Crippen LogP contribution is 2.47. The first-order chi connectivity index (χ1) is 9.42. The SMILES string of the molecule is CN=C(NCC(C)(C)C(=O)NC)N1CCC2(CCC2)C1.I. The van der Waals surface area contributed by atoms with Gasteiger partial charge in [0.1, 0.15) is 0 Å². The zero-order valence-corrected chi connectivity index (χ0v) is 16.0. The molecule has 0 aromatic heterocycles. The van der Waals surface area contributed by atoms with Gasteiger partial charge in [0, 0.05) is 33.7 Å². The van der Waals surface area contributed by atoms with Crippen LogP contribution in [0.3, 0.4) is 0 Å². The lowest BCUT2D eigenvalue weighted by molar-refractivity contribution is -0.128. The molecule has 2 fully saturated rings.